The predicted octanol–water partition coefficient (Wildman–Crippen LogP) is 5.21. The van der Waals surface area contributed by atoms with Crippen LogP contribution in [0, 0.1) is 5.92 Å². The van der Waals surface area contributed by atoms with Crippen molar-refractivity contribution in [2.45, 2.75) is 38.5 Å². The van der Waals surface area contributed by atoms with Crippen LogP contribution in [0.5, 0.6) is 11.5 Å². The number of carbonyl (C=O) groups is 1. The van der Waals surface area contributed by atoms with Crippen LogP contribution in [0.15, 0.2) is 36.5 Å². The van der Waals surface area contributed by atoms with Crippen molar-refractivity contribution in [3.05, 3.63) is 53.3 Å². The van der Waals surface area contributed by atoms with E-state index in [9.17, 15) is 18.0 Å². The minimum absolute atomic E-state index is 0.199. The molecule has 1 fully saturated rings. The molecule has 0 radical (unpaired) electrons. The van der Waals surface area contributed by atoms with E-state index in [4.69, 9.17) is 9.47 Å². The van der Waals surface area contributed by atoms with Crippen LogP contribution in [0.4, 0.5) is 13.2 Å². The van der Waals surface area contributed by atoms with Crippen molar-refractivity contribution in [1.29, 1.82) is 0 Å². The molecule has 0 saturated heterocycles. The van der Waals surface area contributed by atoms with Crippen molar-refractivity contribution in [2.75, 3.05) is 13.7 Å². The molecule has 1 aliphatic carbocycles. The summed E-state index contributed by atoms with van der Waals surface area (Å²) < 4.78 is 56.3. The first-order valence-corrected chi connectivity index (χ1v) is 9.36. The van der Waals surface area contributed by atoms with E-state index in [1.54, 1.807) is 25.3 Å². The molecule has 1 heterocycles. The summed E-state index contributed by atoms with van der Waals surface area (Å²) in [5.41, 5.74) is -0.741. The molecule has 8 heteroatoms. The van der Waals surface area contributed by atoms with E-state index < -0.39 is 23.8 Å². The lowest BCUT2D eigenvalue weighted by molar-refractivity contribution is -0.139. The first-order valence-electron chi connectivity index (χ1n) is 9.36. The highest BCUT2D eigenvalue weighted by Gasteiger charge is 2.36. The van der Waals surface area contributed by atoms with Gasteiger partial charge in [-0.3, -0.25) is 4.98 Å². The number of benzene rings is 1. The zero-order valence-corrected chi connectivity index (χ0v) is 16.2. The molecule has 1 aromatic carbocycles. The fourth-order valence-electron chi connectivity index (χ4n) is 2.77. The summed E-state index contributed by atoms with van der Waals surface area (Å²) in [4.78, 5) is 15.9. The number of aromatic nitrogens is 1. The van der Waals surface area contributed by atoms with Gasteiger partial charge in [-0.1, -0.05) is 6.92 Å². The van der Waals surface area contributed by atoms with E-state index in [0.717, 1.165) is 19.2 Å². The molecule has 0 aliphatic heterocycles. The molecule has 3 rings (SSSR count). The number of hydrogen-bond donors (Lipinski definition) is 0. The quantitative estimate of drug-likeness (QED) is 0.561. The smallest absolute Gasteiger partial charge is 0.419 e. The second kappa shape index (κ2) is 8.71. The first kappa shape index (κ1) is 21.0. The van der Waals surface area contributed by atoms with Crippen molar-refractivity contribution in [3.63, 3.8) is 0 Å². The van der Waals surface area contributed by atoms with Crippen LogP contribution in [0.2, 0.25) is 0 Å². The number of carbonyl (C=O) groups excluding carboxylic acids is 1. The van der Waals surface area contributed by atoms with E-state index in [1.165, 1.54) is 18.9 Å². The highest BCUT2D eigenvalue weighted by Crippen LogP contribution is 2.39. The molecule has 156 valence electrons. The van der Waals surface area contributed by atoms with Gasteiger partial charge in [-0.25, -0.2) is 4.79 Å². The van der Waals surface area contributed by atoms with Gasteiger partial charge >= 0.3 is 12.1 Å². The van der Waals surface area contributed by atoms with Crippen molar-refractivity contribution < 1.29 is 32.2 Å². The topological polar surface area (TPSA) is 57.7 Å². The SMILES string of the molecule is CC[C@@H](Oc1ccc(C(=O)OC)cc1C(F)(F)F)c1ccc(OCC2CC2)cn1. The van der Waals surface area contributed by atoms with Gasteiger partial charge in [0, 0.05) is 0 Å². The maximum atomic E-state index is 13.5. The zero-order chi connectivity index (χ0) is 21.0. The standard InChI is InChI=1S/C21H22F3NO4/c1-3-18(17-8-7-15(11-25-17)28-12-13-4-5-13)29-19-9-6-14(20(26)27-2)10-16(19)21(22,23)24/h6-11,13,18H,3-5,12H2,1-2H3/t18-/m1/s1. The van der Waals surface area contributed by atoms with Crippen LogP contribution >= 0.6 is 0 Å². The van der Waals surface area contributed by atoms with Crippen LogP contribution in [0.3, 0.4) is 0 Å². The Morgan fingerprint density at radius 1 is 1.24 bits per heavy atom. The van der Waals surface area contributed by atoms with Gasteiger partial charge in [-0.05, 0) is 55.5 Å². The Morgan fingerprint density at radius 2 is 2.00 bits per heavy atom. The number of esters is 1. The summed E-state index contributed by atoms with van der Waals surface area (Å²) in [6.07, 6.45) is -1.06. The lowest BCUT2D eigenvalue weighted by Gasteiger charge is -2.21. The number of rotatable bonds is 8. The van der Waals surface area contributed by atoms with Crippen molar-refractivity contribution in [1.82, 2.24) is 4.98 Å². The molecule has 0 spiro atoms. The minimum atomic E-state index is -4.69. The van der Waals surface area contributed by atoms with Crippen molar-refractivity contribution in [3.8, 4) is 11.5 Å². The second-order valence-electron chi connectivity index (χ2n) is 6.89. The van der Waals surface area contributed by atoms with Gasteiger partial charge < -0.3 is 14.2 Å². The highest BCUT2D eigenvalue weighted by atomic mass is 19.4. The summed E-state index contributed by atoms with van der Waals surface area (Å²) in [5, 5.41) is 0. The van der Waals surface area contributed by atoms with Gasteiger partial charge in [0.05, 0.1) is 36.7 Å². The molecule has 1 atom stereocenters. The normalized spacial score (nSPS) is 14.9. The summed E-state index contributed by atoms with van der Waals surface area (Å²) in [6.45, 7) is 2.44. The Morgan fingerprint density at radius 3 is 2.55 bits per heavy atom. The summed E-state index contributed by atoms with van der Waals surface area (Å²) in [6, 6.07) is 6.53. The highest BCUT2D eigenvalue weighted by molar-refractivity contribution is 5.89. The van der Waals surface area contributed by atoms with Gasteiger partial charge in [0.2, 0.25) is 0 Å². The van der Waals surface area contributed by atoms with E-state index in [0.29, 0.717) is 30.4 Å². The average Bonchev–Trinajstić information content (AvgIpc) is 3.54. The second-order valence-corrected chi connectivity index (χ2v) is 6.89. The molecular formula is C21H22F3NO4. The monoisotopic (exact) mass is 409 g/mol. The third-order valence-electron chi connectivity index (χ3n) is 4.62. The van der Waals surface area contributed by atoms with Gasteiger partial charge in [-0.15, -0.1) is 0 Å². The van der Waals surface area contributed by atoms with Crippen LogP contribution in [0.1, 0.15) is 53.9 Å². The van der Waals surface area contributed by atoms with E-state index in [-0.39, 0.29) is 11.3 Å². The Kier molecular flexibility index (Phi) is 6.30. The van der Waals surface area contributed by atoms with Crippen LogP contribution in [-0.4, -0.2) is 24.7 Å². The Hall–Kier alpha value is -2.77. The van der Waals surface area contributed by atoms with E-state index in [1.807, 2.05) is 0 Å². The maximum absolute atomic E-state index is 13.5. The predicted molar refractivity (Wildman–Crippen MR) is 98.9 cm³/mol. The van der Waals surface area contributed by atoms with Crippen LogP contribution in [-0.2, 0) is 10.9 Å². The largest absolute Gasteiger partial charge is 0.492 e. The van der Waals surface area contributed by atoms with Gasteiger partial charge in [0.15, 0.2) is 0 Å². The Labute approximate surface area is 166 Å². The number of hydrogen-bond acceptors (Lipinski definition) is 5. The van der Waals surface area contributed by atoms with Crippen LogP contribution in [0.25, 0.3) is 0 Å². The number of nitrogens with zero attached hydrogens (tertiary/aromatic N) is 1. The first-order chi connectivity index (χ1) is 13.8. The molecule has 1 aliphatic rings. The number of halogens is 3. The molecule has 1 saturated carbocycles. The van der Waals surface area contributed by atoms with Gasteiger partial charge in [0.1, 0.15) is 17.6 Å². The number of alkyl halides is 3. The number of pyridine rings is 1. The van der Waals surface area contributed by atoms with Crippen LogP contribution < -0.4 is 9.47 Å². The van der Waals surface area contributed by atoms with Crippen molar-refractivity contribution >= 4 is 5.97 Å². The fourth-order valence-corrected chi connectivity index (χ4v) is 2.77. The molecule has 0 N–H and O–H groups in total. The number of ether oxygens (including phenoxy) is 3. The fraction of sp³-hybridized carbons (Fsp3) is 0.429. The molecule has 0 bridgehead atoms. The summed E-state index contributed by atoms with van der Waals surface area (Å²) >= 11 is 0. The molecule has 29 heavy (non-hydrogen) atoms. The van der Waals surface area contributed by atoms with Gasteiger partial charge in [0.25, 0.3) is 0 Å². The summed E-state index contributed by atoms with van der Waals surface area (Å²) in [5.74, 6) is 0.00877. The van der Waals surface area contributed by atoms with E-state index >= 15 is 0 Å². The minimum Gasteiger partial charge on any atom is -0.492 e. The molecule has 0 unspecified atom stereocenters. The average molecular weight is 409 g/mol. The molecule has 5 nitrogen and oxygen atoms in total. The molecule has 2 aromatic rings. The Balaban J connectivity index is 1.79. The lowest BCUT2D eigenvalue weighted by Crippen LogP contribution is -2.15. The zero-order valence-electron chi connectivity index (χ0n) is 16.2. The third-order valence-corrected chi connectivity index (χ3v) is 4.62. The molecular weight excluding hydrogens is 387 g/mol. The Bertz CT molecular complexity index is 848. The lowest BCUT2D eigenvalue weighted by atomic mass is 10.1. The third kappa shape index (κ3) is 5.40. The molecule has 1 aromatic heterocycles. The van der Waals surface area contributed by atoms with Gasteiger partial charge in [-0.2, -0.15) is 13.2 Å². The maximum Gasteiger partial charge on any atom is 0.419 e. The van der Waals surface area contributed by atoms with E-state index in [2.05, 4.69) is 9.72 Å². The number of methoxy groups -OCH3 is 1. The molecule has 0 amide bonds. The van der Waals surface area contributed by atoms with Crippen molar-refractivity contribution in [2.24, 2.45) is 5.92 Å². The summed E-state index contributed by atoms with van der Waals surface area (Å²) in [7, 11) is 1.11.